The smallest absolute Gasteiger partial charge is 0.236 e. The first-order valence-electron chi connectivity index (χ1n) is 8.28. The maximum Gasteiger partial charge on any atom is 0.236 e. The number of piperazine rings is 1. The van der Waals surface area contributed by atoms with E-state index in [2.05, 4.69) is 4.90 Å². The van der Waals surface area contributed by atoms with Gasteiger partial charge in [-0.1, -0.05) is 12.1 Å². The van der Waals surface area contributed by atoms with Crippen LogP contribution in [0.15, 0.2) is 24.3 Å². The first-order chi connectivity index (χ1) is 12.0. The molecule has 1 heterocycles. The molecule has 1 N–H and O–H groups in total. The number of hydrogen-bond donors (Lipinski definition) is 1. The Hall–Kier alpha value is -2.43. The number of carbonyl (C=O) groups is 2. The van der Waals surface area contributed by atoms with Gasteiger partial charge in [0.05, 0.1) is 6.07 Å². The fourth-order valence-corrected chi connectivity index (χ4v) is 2.71. The Bertz CT molecular complexity index is 648. The van der Waals surface area contributed by atoms with Crippen LogP contribution in [0.25, 0.3) is 0 Å². The molecule has 7 nitrogen and oxygen atoms in total. The number of hydrogen-bond acceptors (Lipinski definition) is 6. The van der Waals surface area contributed by atoms with Crippen LogP contribution in [0.5, 0.6) is 5.75 Å². The van der Waals surface area contributed by atoms with Gasteiger partial charge in [-0.05, 0) is 19.1 Å². The molecule has 0 bridgehead atoms. The number of aliphatic hydroxyl groups excluding tert-OH is 1. The lowest BCUT2D eigenvalue weighted by Gasteiger charge is -2.35. The first kappa shape index (κ1) is 18.9. The number of ether oxygens (including phenoxy) is 1. The highest BCUT2D eigenvalue weighted by molar-refractivity contribution is 5.94. The zero-order chi connectivity index (χ0) is 18.2. The zero-order valence-corrected chi connectivity index (χ0v) is 14.4. The van der Waals surface area contributed by atoms with Gasteiger partial charge < -0.3 is 14.7 Å². The number of rotatable bonds is 7. The van der Waals surface area contributed by atoms with Crippen LogP contribution in [0.2, 0.25) is 0 Å². The van der Waals surface area contributed by atoms with E-state index < -0.39 is 6.10 Å². The third kappa shape index (κ3) is 5.85. The molecule has 1 aromatic rings. The van der Waals surface area contributed by atoms with E-state index in [9.17, 15) is 14.7 Å². The second kappa shape index (κ2) is 9.16. The minimum atomic E-state index is -0.664. The molecule has 0 spiro atoms. The summed E-state index contributed by atoms with van der Waals surface area (Å²) in [5.74, 6) is 0.380. The molecule has 1 saturated heterocycles. The predicted molar refractivity (Wildman–Crippen MR) is 91.2 cm³/mol. The number of β-amino-alcohol motifs (C(OH)–C–C–N with tert-alkyl or cyclic N) is 1. The lowest BCUT2D eigenvalue weighted by molar-refractivity contribution is -0.132. The van der Waals surface area contributed by atoms with Gasteiger partial charge in [0.25, 0.3) is 0 Å². The minimum Gasteiger partial charge on any atom is -0.491 e. The lowest BCUT2D eigenvalue weighted by Crippen LogP contribution is -2.50. The summed E-state index contributed by atoms with van der Waals surface area (Å²) in [6.45, 7) is 4.53. The Labute approximate surface area is 147 Å². The molecule has 7 heteroatoms. The molecule has 0 unspecified atom stereocenters. The van der Waals surface area contributed by atoms with Gasteiger partial charge in [-0.25, -0.2) is 0 Å². The molecule has 0 saturated carbocycles. The van der Waals surface area contributed by atoms with Crippen molar-refractivity contribution in [2.75, 3.05) is 39.3 Å². The lowest BCUT2D eigenvalue weighted by atomic mass is 10.1. The highest BCUT2D eigenvalue weighted by Crippen LogP contribution is 2.14. The Morgan fingerprint density at radius 1 is 1.32 bits per heavy atom. The van der Waals surface area contributed by atoms with Crippen molar-refractivity contribution < 1.29 is 19.4 Å². The van der Waals surface area contributed by atoms with Crippen LogP contribution in [0.3, 0.4) is 0 Å². The summed E-state index contributed by atoms with van der Waals surface area (Å²) < 4.78 is 5.56. The predicted octanol–water partition coefficient (Wildman–Crippen LogP) is 0.687. The van der Waals surface area contributed by atoms with E-state index in [1.54, 1.807) is 29.2 Å². The van der Waals surface area contributed by atoms with Crippen molar-refractivity contribution >= 4 is 11.7 Å². The number of nitrogens with zero attached hydrogens (tertiary/aromatic N) is 3. The SMILES string of the molecule is CC(=O)c1cccc(OC[C@@H](O)CN2CCN(C(=O)CC#N)CC2)c1. The molecule has 0 aliphatic carbocycles. The third-order valence-electron chi connectivity index (χ3n) is 4.11. The Kier molecular flexibility index (Phi) is 6.92. The standard InChI is InChI=1S/C18H23N3O4/c1-14(22)15-3-2-4-17(11-15)25-13-16(23)12-20-7-9-21(10-8-20)18(24)5-6-19/h2-4,11,16,23H,5,7-10,12-13H2,1H3/t16-/m0/s1. The first-order valence-corrected chi connectivity index (χ1v) is 8.28. The average molecular weight is 345 g/mol. The van der Waals surface area contributed by atoms with E-state index in [4.69, 9.17) is 10.00 Å². The number of aliphatic hydroxyl groups is 1. The Balaban J connectivity index is 1.73. The van der Waals surface area contributed by atoms with Gasteiger partial charge in [0, 0.05) is 38.3 Å². The molecule has 25 heavy (non-hydrogen) atoms. The highest BCUT2D eigenvalue weighted by Gasteiger charge is 2.22. The maximum atomic E-state index is 11.7. The largest absolute Gasteiger partial charge is 0.491 e. The van der Waals surface area contributed by atoms with Crippen molar-refractivity contribution in [2.24, 2.45) is 0 Å². The number of amides is 1. The number of Topliss-reactive ketones (excluding diaryl/α,β-unsaturated/α-hetero) is 1. The normalized spacial score (nSPS) is 16.1. The number of ketones is 1. The summed E-state index contributed by atoms with van der Waals surface area (Å²) >= 11 is 0. The Morgan fingerprint density at radius 3 is 2.68 bits per heavy atom. The van der Waals surface area contributed by atoms with Gasteiger partial charge in [0.15, 0.2) is 5.78 Å². The second-order valence-corrected chi connectivity index (χ2v) is 6.07. The second-order valence-electron chi connectivity index (χ2n) is 6.07. The molecule has 1 atom stereocenters. The average Bonchev–Trinajstić information content (AvgIpc) is 2.61. The molecule has 1 aliphatic rings. The van der Waals surface area contributed by atoms with Gasteiger partial charge in [-0.2, -0.15) is 5.26 Å². The quantitative estimate of drug-likeness (QED) is 0.731. The molecule has 1 fully saturated rings. The van der Waals surface area contributed by atoms with Crippen molar-refractivity contribution in [3.8, 4) is 11.8 Å². The molecule has 134 valence electrons. The summed E-state index contributed by atoms with van der Waals surface area (Å²) in [5.41, 5.74) is 0.574. The molecule has 0 radical (unpaired) electrons. The minimum absolute atomic E-state index is 0.0326. The van der Waals surface area contributed by atoms with Crippen LogP contribution >= 0.6 is 0 Å². The van der Waals surface area contributed by atoms with E-state index in [0.717, 1.165) is 0 Å². The highest BCUT2D eigenvalue weighted by atomic mass is 16.5. The van der Waals surface area contributed by atoms with Crippen molar-refractivity contribution in [2.45, 2.75) is 19.4 Å². The number of benzene rings is 1. The topological polar surface area (TPSA) is 93.9 Å². The van der Waals surface area contributed by atoms with Gasteiger partial charge in [-0.3, -0.25) is 14.5 Å². The van der Waals surface area contributed by atoms with Crippen LogP contribution in [-0.4, -0.2) is 72.0 Å². The van der Waals surface area contributed by atoms with Crippen molar-refractivity contribution in [1.82, 2.24) is 9.80 Å². The van der Waals surface area contributed by atoms with Crippen molar-refractivity contribution in [3.05, 3.63) is 29.8 Å². The van der Waals surface area contributed by atoms with Crippen LogP contribution in [0.1, 0.15) is 23.7 Å². The molecule has 1 amide bonds. The monoisotopic (exact) mass is 345 g/mol. The third-order valence-corrected chi connectivity index (χ3v) is 4.11. The van der Waals surface area contributed by atoms with E-state index in [1.807, 2.05) is 6.07 Å². The maximum absolute atomic E-state index is 11.7. The van der Waals surface area contributed by atoms with Crippen molar-refractivity contribution in [1.29, 1.82) is 5.26 Å². The molecule has 0 aromatic heterocycles. The summed E-state index contributed by atoms with van der Waals surface area (Å²) in [6, 6.07) is 8.75. The molecule has 1 aromatic carbocycles. The van der Waals surface area contributed by atoms with E-state index >= 15 is 0 Å². The summed E-state index contributed by atoms with van der Waals surface area (Å²) in [6.07, 6.45) is -0.752. The summed E-state index contributed by atoms with van der Waals surface area (Å²) in [7, 11) is 0. The molecular formula is C18H23N3O4. The summed E-state index contributed by atoms with van der Waals surface area (Å²) in [5, 5.41) is 18.7. The van der Waals surface area contributed by atoms with Crippen LogP contribution in [0, 0.1) is 11.3 Å². The fraction of sp³-hybridized carbons (Fsp3) is 0.500. The molecular weight excluding hydrogens is 322 g/mol. The van der Waals surface area contributed by atoms with E-state index in [1.165, 1.54) is 6.92 Å². The van der Waals surface area contributed by atoms with Gasteiger partial charge in [0.1, 0.15) is 24.9 Å². The van der Waals surface area contributed by atoms with Crippen LogP contribution in [-0.2, 0) is 4.79 Å². The summed E-state index contributed by atoms with van der Waals surface area (Å²) in [4.78, 5) is 26.8. The van der Waals surface area contributed by atoms with Crippen molar-refractivity contribution in [3.63, 3.8) is 0 Å². The van der Waals surface area contributed by atoms with E-state index in [0.29, 0.717) is 44.0 Å². The van der Waals surface area contributed by atoms with Crippen LogP contribution in [0.4, 0.5) is 0 Å². The fourth-order valence-electron chi connectivity index (χ4n) is 2.71. The van der Waals surface area contributed by atoms with Gasteiger partial charge >= 0.3 is 0 Å². The Morgan fingerprint density at radius 2 is 2.04 bits per heavy atom. The van der Waals surface area contributed by atoms with Crippen LogP contribution < -0.4 is 4.74 Å². The zero-order valence-electron chi connectivity index (χ0n) is 14.4. The van der Waals surface area contributed by atoms with E-state index in [-0.39, 0.29) is 24.7 Å². The molecule has 2 rings (SSSR count). The van der Waals surface area contributed by atoms with Gasteiger partial charge in [0.2, 0.25) is 5.91 Å². The number of carbonyl (C=O) groups excluding carboxylic acids is 2. The number of nitriles is 1. The van der Waals surface area contributed by atoms with Gasteiger partial charge in [-0.15, -0.1) is 0 Å². The molecule has 1 aliphatic heterocycles.